The van der Waals surface area contributed by atoms with Crippen LogP contribution in [0.3, 0.4) is 0 Å². The average Bonchev–Trinajstić information content (AvgIpc) is 0.878. The minimum Gasteiger partial charge on any atom is -0.500 e. The number of aryl methyl sites for hydroxylation is 3. The van der Waals surface area contributed by atoms with Crippen molar-refractivity contribution in [2.45, 2.75) is 312 Å². The molecular formula is C83H137BN3NaO13+. The number of carboxylic acid groups (broad SMARTS) is 1. The molecule has 4 rings (SSSR count). The molecule has 16 nitrogen and oxygen atoms in total. The van der Waals surface area contributed by atoms with Gasteiger partial charge in [-0.05, 0) is 87.4 Å². The first-order valence-corrected chi connectivity index (χ1v) is 38.3. The fourth-order valence-corrected chi connectivity index (χ4v) is 10.8. The van der Waals surface area contributed by atoms with Crippen LogP contribution >= 0.6 is 0 Å². The van der Waals surface area contributed by atoms with Crippen LogP contribution < -0.4 is 64.9 Å². The quantitative estimate of drug-likeness (QED) is 0.0183. The van der Waals surface area contributed by atoms with Gasteiger partial charge in [0.25, 0.3) is 17.9 Å². The van der Waals surface area contributed by atoms with Crippen LogP contribution in [0.4, 0.5) is 0 Å². The minimum absolute atomic E-state index is 0. The Morgan fingerprint density at radius 3 is 1.09 bits per heavy atom. The van der Waals surface area contributed by atoms with Gasteiger partial charge >= 0.3 is 37.2 Å². The molecule has 0 aromatic heterocycles. The first kappa shape index (κ1) is 97.2. The first-order valence-electron chi connectivity index (χ1n) is 38.3. The van der Waals surface area contributed by atoms with E-state index in [1.807, 2.05) is 43.3 Å². The third kappa shape index (κ3) is 63.5. The molecule has 0 spiro atoms. The van der Waals surface area contributed by atoms with E-state index in [4.69, 9.17) is 34.6 Å². The molecule has 0 unspecified atom stereocenters. The van der Waals surface area contributed by atoms with Crippen LogP contribution in [-0.2, 0) is 52.8 Å². The van der Waals surface area contributed by atoms with E-state index in [9.17, 15) is 24.0 Å². The second kappa shape index (κ2) is 71.1. The fourth-order valence-electron chi connectivity index (χ4n) is 10.8. The Balaban J connectivity index is -0.00000140. The number of hydrogen-bond donors (Lipinski definition) is 4. The number of nitrogens with one attached hydrogen (secondary N) is 2. The van der Waals surface area contributed by atoms with E-state index in [-0.39, 0.29) is 42.8 Å². The number of aliphatic carboxylic acids is 1. The molecular weight excluding hydrogens is 1280 g/mol. The van der Waals surface area contributed by atoms with Crippen LogP contribution in [0.1, 0.15) is 318 Å². The molecule has 0 saturated carbocycles. The predicted molar refractivity (Wildman–Crippen MR) is 413 cm³/mol. The molecule has 1 radical (unpaired) electrons. The summed E-state index contributed by atoms with van der Waals surface area (Å²) in [6.07, 6.45) is 52.0. The van der Waals surface area contributed by atoms with Gasteiger partial charge in [0, 0.05) is 60.3 Å². The molecule has 0 aliphatic rings. The fraction of sp³-hybridized carbons (Fsp3) is 0.639. The zero-order valence-corrected chi connectivity index (χ0v) is 66.8. The van der Waals surface area contributed by atoms with Gasteiger partial charge in [-0.2, -0.15) is 0 Å². The first-order chi connectivity index (χ1) is 48.5. The predicted octanol–water partition coefficient (Wildman–Crippen LogP) is 17.5. The Labute approximate surface area is 636 Å². The molecule has 0 aliphatic carbocycles. The molecule has 0 aliphatic heterocycles. The minimum atomic E-state index is -0.833. The number of hydrogen-bond acceptors (Lipinski definition) is 13. The summed E-state index contributed by atoms with van der Waals surface area (Å²) in [6.45, 7) is 15.1. The van der Waals surface area contributed by atoms with Crippen molar-refractivity contribution in [3.63, 3.8) is 0 Å². The van der Waals surface area contributed by atoms with Crippen LogP contribution in [0.15, 0.2) is 84.9 Å². The Morgan fingerprint density at radius 2 is 0.772 bits per heavy atom. The largest absolute Gasteiger partial charge is 1.00 e. The van der Waals surface area contributed by atoms with Gasteiger partial charge in [0.05, 0.1) is 33.0 Å². The molecule has 0 saturated heterocycles. The summed E-state index contributed by atoms with van der Waals surface area (Å²) in [7, 11) is 3.94. The van der Waals surface area contributed by atoms with Gasteiger partial charge in [-0.3, -0.25) is 28.8 Å². The maximum absolute atomic E-state index is 12.2. The normalized spacial score (nSPS) is 10.2. The number of rotatable bonds is 54. The van der Waals surface area contributed by atoms with Crippen molar-refractivity contribution in [2.75, 3.05) is 34.0 Å². The second-order valence-electron chi connectivity index (χ2n) is 26.1. The zero-order valence-electron chi connectivity index (χ0n) is 64.8. The molecule has 0 atom stereocenters. The number of ether oxygens (including phenoxy) is 4. The number of methoxy groups -OCH3 is 2. The number of amides is 2. The summed E-state index contributed by atoms with van der Waals surface area (Å²) in [5.41, 5.74) is 11.8. The molecule has 4 aromatic rings. The maximum atomic E-state index is 12.2. The van der Waals surface area contributed by atoms with Crippen LogP contribution in [-0.4, -0.2) is 82.8 Å². The Morgan fingerprint density at radius 1 is 0.455 bits per heavy atom. The van der Waals surface area contributed by atoms with E-state index in [2.05, 4.69) is 71.0 Å². The summed E-state index contributed by atoms with van der Waals surface area (Å²) in [4.78, 5) is 63.8. The van der Waals surface area contributed by atoms with Gasteiger partial charge in [0.15, 0.2) is 6.29 Å². The standard InChI is InChI=1S/C39H63NO3.C20H23NO4.C18H39N.C4H6BO4.C2H4O2.Na.H2/c1-4-5-6-7-8-9-10-11-12-13-14-15-16-17-18-19-20-21-23-36-29-30-37(32-38(36)42-3)43-31-22-24-39(41)40-33-35-27-25-34(2)26-28-35;1-15-5-7-16(8-6-15)13-21-20(23)4-3-11-25-18-10-9-17(14-22)19(12-18)24-2;1-2-3-4-5-6-7-8-9-10-11-12-13-14-15-16-17-18-19;1-3(6)8-5-9-4(2)7;1-2(3)4;;/h25-30,32H,4-24,31,33H2,1-3H3,(H,40,41);5-10,12,14H,3-4,11,13H2,1-2H3,(H,21,23);2-19H2,1H3;1-2H3;1H3,(H,3,4);;1H/q;;;;;+1;. The monoisotopic (exact) mass is 1420 g/mol. The molecule has 5 N–H and O–H groups in total. The van der Waals surface area contributed by atoms with Crippen molar-refractivity contribution in [3.05, 3.63) is 118 Å². The van der Waals surface area contributed by atoms with Gasteiger partial charge < -0.3 is 49.7 Å². The second-order valence-corrected chi connectivity index (χ2v) is 26.1. The number of unbranched alkanes of at least 4 members (excludes halogenated alkanes) is 32. The summed E-state index contributed by atoms with van der Waals surface area (Å²) in [5, 5.41) is 13.3. The van der Waals surface area contributed by atoms with Gasteiger partial charge in [-0.1, -0.05) is 285 Å². The molecule has 4 aromatic carbocycles. The number of carboxylic acids is 1. The average molecular weight is 1420 g/mol. The van der Waals surface area contributed by atoms with E-state index in [1.54, 1.807) is 25.3 Å². The van der Waals surface area contributed by atoms with E-state index in [1.165, 1.54) is 256 Å². The van der Waals surface area contributed by atoms with Crippen molar-refractivity contribution in [1.82, 2.24) is 10.6 Å². The zero-order chi connectivity index (χ0) is 73.7. The molecule has 2 amide bonds. The van der Waals surface area contributed by atoms with E-state index < -0.39 is 17.9 Å². The van der Waals surface area contributed by atoms with Gasteiger partial charge in [0.1, 0.15) is 23.0 Å². The summed E-state index contributed by atoms with van der Waals surface area (Å²) in [6, 6.07) is 27.5. The number of nitrogens with two attached hydrogens (primary N) is 1. The molecule has 18 heteroatoms. The van der Waals surface area contributed by atoms with Gasteiger partial charge in [0.2, 0.25) is 11.8 Å². The van der Waals surface area contributed by atoms with E-state index in [0.29, 0.717) is 76.7 Å². The molecule has 0 bridgehead atoms. The van der Waals surface area contributed by atoms with Crippen LogP contribution in [0.2, 0.25) is 0 Å². The smallest absolute Gasteiger partial charge is 0.500 e. The van der Waals surface area contributed by atoms with Gasteiger partial charge in [-0.25, -0.2) is 0 Å². The third-order valence-corrected chi connectivity index (χ3v) is 16.7. The Kier molecular flexibility index (Phi) is 68.4. The SMILES string of the molecule is CC(=O)O.CC(=O)O[B]OC(C)=O.CCCCCCCCCCCCCCCCCCCCc1ccc(OCCCC(=O)NCc2ccc(C)cc2)cc1OC.CCCCCCCCCCCCCCCCCCN.COc1cc(OCCCC(=O)NCc2ccc(C)cc2)ccc1C=O.[HH].[Na+]. The molecule has 0 fully saturated rings. The van der Waals surface area contributed by atoms with E-state index in [0.717, 1.165) is 48.8 Å². The molecule has 101 heavy (non-hydrogen) atoms. The van der Waals surface area contributed by atoms with Crippen molar-refractivity contribution >= 4 is 43.7 Å². The summed E-state index contributed by atoms with van der Waals surface area (Å²) < 4.78 is 30.6. The van der Waals surface area contributed by atoms with Crippen molar-refractivity contribution in [3.8, 4) is 23.0 Å². The van der Waals surface area contributed by atoms with Crippen LogP contribution in [0, 0.1) is 13.8 Å². The Bertz CT molecular complexity index is 2620. The van der Waals surface area contributed by atoms with E-state index >= 15 is 0 Å². The topological polar surface area (TPSA) is 228 Å². The third-order valence-electron chi connectivity index (χ3n) is 16.7. The number of aldehydes is 1. The summed E-state index contributed by atoms with van der Waals surface area (Å²) in [5.74, 6) is 0.983. The van der Waals surface area contributed by atoms with Crippen molar-refractivity contribution in [2.24, 2.45) is 5.73 Å². The van der Waals surface area contributed by atoms with Crippen LogP contribution in [0.25, 0.3) is 0 Å². The van der Waals surface area contributed by atoms with Gasteiger partial charge in [-0.15, -0.1) is 0 Å². The number of carbonyl (C=O) groups excluding carboxylic acids is 5. The summed E-state index contributed by atoms with van der Waals surface area (Å²) >= 11 is 0. The van der Waals surface area contributed by atoms with Crippen LogP contribution in [0.5, 0.6) is 23.0 Å². The molecule has 0 heterocycles. The Hall–Kier alpha value is -5.88. The van der Waals surface area contributed by atoms with Crippen molar-refractivity contribution in [1.29, 1.82) is 0 Å². The number of benzene rings is 4. The number of carbonyl (C=O) groups is 6. The maximum Gasteiger partial charge on any atom is 1.00 e. The molecule has 565 valence electrons. The van der Waals surface area contributed by atoms with Crippen molar-refractivity contribution < 1.29 is 93.1 Å².